The van der Waals surface area contributed by atoms with Crippen LogP contribution in [0.3, 0.4) is 0 Å². The number of rotatable bonds is 6. The Kier molecular flexibility index (Phi) is 5.29. The third-order valence-corrected chi connectivity index (χ3v) is 2.26. The standard InChI is InChI=1S/C11H16ClNO2/c1-13-6-3-7-15-11-5-4-9(14-2)8-10(11)12/h4-5,8,13H,3,6-7H2,1-2H3. The number of benzene rings is 1. The Balaban J connectivity index is 2.47. The molecule has 0 radical (unpaired) electrons. The van der Waals surface area contributed by atoms with Gasteiger partial charge in [0, 0.05) is 6.07 Å². The van der Waals surface area contributed by atoms with Crippen molar-refractivity contribution in [3.05, 3.63) is 23.2 Å². The monoisotopic (exact) mass is 229 g/mol. The molecule has 0 amide bonds. The molecule has 0 aliphatic carbocycles. The smallest absolute Gasteiger partial charge is 0.138 e. The minimum atomic E-state index is 0.582. The molecule has 84 valence electrons. The Morgan fingerprint density at radius 1 is 1.40 bits per heavy atom. The first-order valence-electron chi connectivity index (χ1n) is 4.89. The van der Waals surface area contributed by atoms with E-state index >= 15 is 0 Å². The lowest BCUT2D eigenvalue weighted by Crippen LogP contribution is -2.11. The van der Waals surface area contributed by atoms with E-state index in [9.17, 15) is 0 Å². The van der Waals surface area contributed by atoms with Gasteiger partial charge in [-0.15, -0.1) is 0 Å². The van der Waals surface area contributed by atoms with Gasteiger partial charge in [0.05, 0.1) is 18.7 Å². The number of hydrogen-bond acceptors (Lipinski definition) is 3. The van der Waals surface area contributed by atoms with Crippen LogP contribution in [-0.2, 0) is 0 Å². The Morgan fingerprint density at radius 2 is 2.20 bits per heavy atom. The van der Waals surface area contributed by atoms with Crippen molar-refractivity contribution < 1.29 is 9.47 Å². The Bertz CT molecular complexity index is 305. The van der Waals surface area contributed by atoms with Crippen molar-refractivity contribution in [2.24, 2.45) is 0 Å². The molecule has 1 N–H and O–H groups in total. The molecule has 0 heterocycles. The van der Waals surface area contributed by atoms with E-state index in [0.29, 0.717) is 17.4 Å². The van der Waals surface area contributed by atoms with Gasteiger partial charge >= 0.3 is 0 Å². The minimum Gasteiger partial charge on any atom is -0.497 e. The lowest BCUT2D eigenvalue weighted by molar-refractivity contribution is 0.309. The summed E-state index contributed by atoms with van der Waals surface area (Å²) in [6.07, 6.45) is 0.957. The third-order valence-electron chi connectivity index (χ3n) is 1.97. The van der Waals surface area contributed by atoms with E-state index in [-0.39, 0.29) is 0 Å². The molecule has 1 aromatic rings. The van der Waals surface area contributed by atoms with Crippen molar-refractivity contribution in [1.82, 2.24) is 5.32 Å². The molecule has 3 nitrogen and oxygen atoms in total. The van der Waals surface area contributed by atoms with E-state index in [4.69, 9.17) is 21.1 Å². The van der Waals surface area contributed by atoms with Crippen molar-refractivity contribution in [2.45, 2.75) is 6.42 Å². The highest BCUT2D eigenvalue weighted by atomic mass is 35.5. The first-order chi connectivity index (χ1) is 7.27. The van der Waals surface area contributed by atoms with Crippen molar-refractivity contribution in [1.29, 1.82) is 0 Å². The zero-order valence-corrected chi connectivity index (χ0v) is 9.80. The van der Waals surface area contributed by atoms with Crippen LogP contribution in [0.25, 0.3) is 0 Å². The van der Waals surface area contributed by atoms with E-state index < -0.39 is 0 Å². The van der Waals surface area contributed by atoms with Gasteiger partial charge in [-0.2, -0.15) is 0 Å². The summed E-state index contributed by atoms with van der Waals surface area (Å²) < 4.78 is 10.6. The van der Waals surface area contributed by atoms with Crippen LogP contribution >= 0.6 is 11.6 Å². The van der Waals surface area contributed by atoms with Crippen LogP contribution in [0.15, 0.2) is 18.2 Å². The molecule has 0 saturated carbocycles. The molecule has 0 fully saturated rings. The maximum absolute atomic E-state index is 6.00. The predicted octanol–water partition coefficient (Wildman–Crippen LogP) is 2.34. The highest BCUT2D eigenvalue weighted by Gasteiger charge is 2.02. The SMILES string of the molecule is CNCCCOc1ccc(OC)cc1Cl. The first kappa shape index (κ1) is 12.1. The molecule has 4 heteroatoms. The van der Waals surface area contributed by atoms with Gasteiger partial charge in [-0.05, 0) is 32.1 Å². The Hall–Kier alpha value is -0.930. The molecular formula is C11H16ClNO2. The van der Waals surface area contributed by atoms with Crippen LogP contribution in [0, 0.1) is 0 Å². The van der Waals surface area contributed by atoms with E-state index in [1.807, 2.05) is 19.2 Å². The van der Waals surface area contributed by atoms with E-state index in [1.165, 1.54) is 0 Å². The van der Waals surface area contributed by atoms with Crippen molar-refractivity contribution in [2.75, 3.05) is 27.3 Å². The largest absolute Gasteiger partial charge is 0.497 e. The zero-order valence-electron chi connectivity index (χ0n) is 9.05. The molecule has 0 bridgehead atoms. The maximum Gasteiger partial charge on any atom is 0.138 e. The van der Waals surface area contributed by atoms with Crippen LogP contribution in [0.1, 0.15) is 6.42 Å². The van der Waals surface area contributed by atoms with Gasteiger partial charge in [0.2, 0.25) is 0 Å². The summed E-state index contributed by atoms with van der Waals surface area (Å²) in [4.78, 5) is 0. The molecule has 0 aromatic heterocycles. The molecule has 0 atom stereocenters. The molecule has 0 unspecified atom stereocenters. The van der Waals surface area contributed by atoms with Crippen LogP contribution in [0.2, 0.25) is 5.02 Å². The lowest BCUT2D eigenvalue weighted by Gasteiger charge is -2.08. The van der Waals surface area contributed by atoms with E-state index in [1.54, 1.807) is 13.2 Å². The van der Waals surface area contributed by atoms with Crippen molar-refractivity contribution in [3.8, 4) is 11.5 Å². The second-order valence-corrected chi connectivity index (χ2v) is 3.51. The summed E-state index contributed by atoms with van der Waals surface area (Å²) in [5, 5.41) is 3.64. The summed E-state index contributed by atoms with van der Waals surface area (Å²) in [5.74, 6) is 1.44. The topological polar surface area (TPSA) is 30.5 Å². The average Bonchev–Trinajstić information content (AvgIpc) is 2.26. The van der Waals surface area contributed by atoms with Gasteiger partial charge in [0.25, 0.3) is 0 Å². The quantitative estimate of drug-likeness (QED) is 0.760. The lowest BCUT2D eigenvalue weighted by atomic mass is 10.3. The average molecular weight is 230 g/mol. The van der Waals surface area contributed by atoms with Crippen molar-refractivity contribution >= 4 is 11.6 Å². The Morgan fingerprint density at radius 3 is 2.80 bits per heavy atom. The fourth-order valence-corrected chi connectivity index (χ4v) is 1.38. The number of halogens is 1. The van der Waals surface area contributed by atoms with Crippen LogP contribution in [0.5, 0.6) is 11.5 Å². The summed E-state index contributed by atoms with van der Waals surface area (Å²) >= 11 is 6.00. The summed E-state index contributed by atoms with van der Waals surface area (Å²) in [5.41, 5.74) is 0. The van der Waals surface area contributed by atoms with Crippen molar-refractivity contribution in [3.63, 3.8) is 0 Å². The molecule has 0 spiro atoms. The number of methoxy groups -OCH3 is 1. The van der Waals surface area contributed by atoms with Gasteiger partial charge in [0.1, 0.15) is 11.5 Å². The molecule has 0 aliphatic rings. The molecule has 0 aliphatic heterocycles. The van der Waals surface area contributed by atoms with Gasteiger partial charge in [0.15, 0.2) is 0 Å². The first-order valence-corrected chi connectivity index (χ1v) is 5.26. The van der Waals surface area contributed by atoms with Crippen LogP contribution in [0.4, 0.5) is 0 Å². The van der Waals surface area contributed by atoms with Gasteiger partial charge in [-0.3, -0.25) is 0 Å². The minimum absolute atomic E-state index is 0.582. The fourth-order valence-electron chi connectivity index (χ4n) is 1.16. The zero-order chi connectivity index (χ0) is 11.1. The highest BCUT2D eigenvalue weighted by Crippen LogP contribution is 2.28. The number of nitrogens with one attached hydrogen (secondary N) is 1. The predicted molar refractivity (Wildman–Crippen MR) is 62.0 cm³/mol. The molecule has 1 rings (SSSR count). The van der Waals surface area contributed by atoms with Gasteiger partial charge < -0.3 is 14.8 Å². The molecule has 1 aromatic carbocycles. The molecule has 0 saturated heterocycles. The summed E-state index contributed by atoms with van der Waals surface area (Å²) in [7, 11) is 3.53. The second kappa shape index (κ2) is 6.53. The highest BCUT2D eigenvalue weighted by molar-refractivity contribution is 6.32. The number of ether oxygens (including phenoxy) is 2. The Labute approximate surface area is 95.3 Å². The second-order valence-electron chi connectivity index (χ2n) is 3.10. The van der Waals surface area contributed by atoms with Crippen LogP contribution in [-0.4, -0.2) is 27.3 Å². The summed E-state index contributed by atoms with van der Waals surface area (Å²) in [6, 6.07) is 5.40. The van der Waals surface area contributed by atoms with Gasteiger partial charge in [-0.1, -0.05) is 11.6 Å². The fraction of sp³-hybridized carbons (Fsp3) is 0.455. The molecular weight excluding hydrogens is 214 g/mol. The van der Waals surface area contributed by atoms with Crippen LogP contribution < -0.4 is 14.8 Å². The maximum atomic E-state index is 6.00. The molecule has 15 heavy (non-hydrogen) atoms. The normalized spacial score (nSPS) is 10.1. The van der Waals surface area contributed by atoms with Gasteiger partial charge in [-0.25, -0.2) is 0 Å². The summed E-state index contributed by atoms with van der Waals surface area (Å²) in [6.45, 7) is 1.60. The number of hydrogen-bond donors (Lipinski definition) is 1. The van der Waals surface area contributed by atoms with E-state index in [0.717, 1.165) is 18.7 Å². The van der Waals surface area contributed by atoms with E-state index in [2.05, 4.69) is 5.32 Å². The third kappa shape index (κ3) is 3.98.